The van der Waals surface area contributed by atoms with E-state index in [2.05, 4.69) is 0 Å². The predicted molar refractivity (Wildman–Crippen MR) is 52.7 cm³/mol. The van der Waals surface area contributed by atoms with E-state index in [4.69, 9.17) is 14.6 Å². The van der Waals surface area contributed by atoms with Gasteiger partial charge in [0.1, 0.15) is 17.6 Å². The number of aliphatic hydroxyl groups excluding tert-OH is 1. The molecule has 3 heteroatoms. The number of rotatable bonds is 2. The molecule has 0 aromatic heterocycles. The molecule has 0 spiro atoms. The Hall–Kier alpha value is -1.22. The maximum absolute atomic E-state index is 9.11. The van der Waals surface area contributed by atoms with Gasteiger partial charge in [0.25, 0.3) is 0 Å². The monoisotopic (exact) mass is 194 g/mol. The van der Waals surface area contributed by atoms with Gasteiger partial charge in [0.2, 0.25) is 0 Å². The standard InChI is InChI=1S/C11H14O3/c1-7-3-8-4-10(13-2)9(6-12)5-11(8)14-7/h4-5,7,12H,3,6H2,1-2H3. The molecule has 1 aliphatic rings. The van der Waals surface area contributed by atoms with E-state index in [1.165, 1.54) is 0 Å². The van der Waals surface area contributed by atoms with Gasteiger partial charge in [-0.15, -0.1) is 0 Å². The van der Waals surface area contributed by atoms with Crippen molar-refractivity contribution >= 4 is 0 Å². The zero-order valence-corrected chi connectivity index (χ0v) is 8.41. The summed E-state index contributed by atoms with van der Waals surface area (Å²) in [5.74, 6) is 1.62. The number of hydrogen-bond acceptors (Lipinski definition) is 3. The maximum Gasteiger partial charge on any atom is 0.124 e. The van der Waals surface area contributed by atoms with Crippen LogP contribution in [0.2, 0.25) is 0 Å². The number of methoxy groups -OCH3 is 1. The number of hydrogen-bond donors (Lipinski definition) is 1. The van der Waals surface area contributed by atoms with Crippen molar-refractivity contribution in [2.24, 2.45) is 0 Å². The first kappa shape index (κ1) is 9.34. The van der Waals surface area contributed by atoms with Crippen molar-refractivity contribution in [1.29, 1.82) is 0 Å². The molecule has 2 rings (SSSR count). The van der Waals surface area contributed by atoms with Gasteiger partial charge in [0, 0.05) is 17.5 Å². The molecule has 0 saturated heterocycles. The van der Waals surface area contributed by atoms with Crippen LogP contribution in [0.15, 0.2) is 12.1 Å². The molecule has 0 amide bonds. The minimum Gasteiger partial charge on any atom is -0.496 e. The molecule has 1 aromatic carbocycles. The highest BCUT2D eigenvalue weighted by Crippen LogP contribution is 2.34. The summed E-state index contributed by atoms with van der Waals surface area (Å²) in [5, 5.41) is 9.11. The number of ether oxygens (including phenoxy) is 2. The third-order valence-electron chi connectivity index (χ3n) is 2.47. The van der Waals surface area contributed by atoms with Crippen molar-refractivity contribution in [3.63, 3.8) is 0 Å². The van der Waals surface area contributed by atoms with E-state index in [-0.39, 0.29) is 12.7 Å². The van der Waals surface area contributed by atoms with Crippen LogP contribution >= 0.6 is 0 Å². The summed E-state index contributed by atoms with van der Waals surface area (Å²) in [4.78, 5) is 0. The largest absolute Gasteiger partial charge is 0.496 e. The summed E-state index contributed by atoms with van der Waals surface area (Å²) in [5.41, 5.74) is 1.94. The molecule has 1 unspecified atom stereocenters. The molecular weight excluding hydrogens is 180 g/mol. The summed E-state index contributed by atoms with van der Waals surface area (Å²) in [6, 6.07) is 3.81. The number of fused-ring (bicyclic) bond motifs is 1. The van der Waals surface area contributed by atoms with Crippen LogP contribution in [0, 0.1) is 0 Å². The first-order valence-electron chi connectivity index (χ1n) is 4.72. The summed E-state index contributed by atoms with van der Waals surface area (Å²) in [6.45, 7) is 2.01. The molecule has 0 bridgehead atoms. The van der Waals surface area contributed by atoms with Gasteiger partial charge >= 0.3 is 0 Å². The highest BCUT2D eigenvalue weighted by molar-refractivity contribution is 5.48. The normalized spacial score (nSPS) is 18.9. The second-order valence-electron chi connectivity index (χ2n) is 3.56. The Kier molecular flexibility index (Phi) is 2.33. The van der Waals surface area contributed by atoms with Crippen LogP contribution in [0.3, 0.4) is 0 Å². The maximum atomic E-state index is 9.11. The van der Waals surface area contributed by atoms with E-state index in [1.807, 2.05) is 19.1 Å². The topological polar surface area (TPSA) is 38.7 Å². The van der Waals surface area contributed by atoms with Gasteiger partial charge in [-0.25, -0.2) is 0 Å². The van der Waals surface area contributed by atoms with E-state index >= 15 is 0 Å². The lowest BCUT2D eigenvalue weighted by Crippen LogP contribution is -2.05. The molecule has 0 aliphatic carbocycles. The molecule has 0 fully saturated rings. The molecule has 1 aliphatic heterocycles. The Labute approximate surface area is 83.3 Å². The molecular formula is C11H14O3. The van der Waals surface area contributed by atoms with Crippen LogP contribution in [-0.2, 0) is 13.0 Å². The van der Waals surface area contributed by atoms with Crippen LogP contribution in [0.4, 0.5) is 0 Å². The summed E-state index contributed by atoms with van der Waals surface area (Å²) >= 11 is 0. The van der Waals surface area contributed by atoms with E-state index in [1.54, 1.807) is 7.11 Å². The Morgan fingerprint density at radius 1 is 1.57 bits per heavy atom. The summed E-state index contributed by atoms with van der Waals surface area (Å²) in [6.07, 6.45) is 1.14. The molecule has 1 N–H and O–H groups in total. The van der Waals surface area contributed by atoms with Crippen molar-refractivity contribution < 1.29 is 14.6 Å². The van der Waals surface area contributed by atoms with Crippen LogP contribution in [0.25, 0.3) is 0 Å². The van der Waals surface area contributed by atoms with Gasteiger partial charge in [0.15, 0.2) is 0 Å². The average molecular weight is 194 g/mol. The lowest BCUT2D eigenvalue weighted by Gasteiger charge is -2.08. The lowest BCUT2D eigenvalue weighted by atomic mass is 10.1. The van der Waals surface area contributed by atoms with Crippen LogP contribution < -0.4 is 9.47 Å². The summed E-state index contributed by atoms with van der Waals surface area (Å²) < 4.78 is 10.8. The molecule has 76 valence electrons. The first-order chi connectivity index (χ1) is 6.74. The predicted octanol–water partition coefficient (Wildman–Crippen LogP) is 1.51. The minimum absolute atomic E-state index is 0.0196. The van der Waals surface area contributed by atoms with E-state index in [0.29, 0.717) is 0 Å². The van der Waals surface area contributed by atoms with Crippen molar-refractivity contribution in [3.05, 3.63) is 23.3 Å². The van der Waals surface area contributed by atoms with Gasteiger partial charge in [-0.3, -0.25) is 0 Å². The van der Waals surface area contributed by atoms with Gasteiger partial charge < -0.3 is 14.6 Å². The zero-order chi connectivity index (χ0) is 10.1. The van der Waals surface area contributed by atoms with Crippen LogP contribution in [0.1, 0.15) is 18.1 Å². The molecule has 1 atom stereocenters. The number of benzene rings is 1. The lowest BCUT2D eigenvalue weighted by molar-refractivity contribution is 0.251. The third kappa shape index (κ3) is 1.44. The van der Waals surface area contributed by atoms with Gasteiger partial charge in [0.05, 0.1) is 13.7 Å². The van der Waals surface area contributed by atoms with Crippen LogP contribution in [0.5, 0.6) is 11.5 Å². The Balaban J connectivity index is 2.43. The van der Waals surface area contributed by atoms with Crippen molar-refractivity contribution in [2.45, 2.75) is 26.1 Å². The molecule has 0 saturated carbocycles. The first-order valence-corrected chi connectivity index (χ1v) is 4.72. The molecule has 0 radical (unpaired) electrons. The molecule has 1 heterocycles. The van der Waals surface area contributed by atoms with E-state index in [0.717, 1.165) is 29.0 Å². The highest BCUT2D eigenvalue weighted by Gasteiger charge is 2.21. The quantitative estimate of drug-likeness (QED) is 0.775. The van der Waals surface area contributed by atoms with Crippen molar-refractivity contribution in [1.82, 2.24) is 0 Å². The third-order valence-corrected chi connectivity index (χ3v) is 2.47. The van der Waals surface area contributed by atoms with E-state index in [9.17, 15) is 0 Å². The van der Waals surface area contributed by atoms with Crippen molar-refractivity contribution in [3.8, 4) is 11.5 Å². The fourth-order valence-electron chi connectivity index (χ4n) is 1.80. The van der Waals surface area contributed by atoms with Crippen LogP contribution in [-0.4, -0.2) is 18.3 Å². The number of aliphatic hydroxyl groups is 1. The smallest absolute Gasteiger partial charge is 0.124 e. The second kappa shape index (κ2) is 3.50. The van der Waals surface area contributed by atoms with Crippen molar-refractivity contribution in [2.75, 3.05) is 7.11 Å². The second-order valence-corrected chi connectivity index (χ2v) is 3.56. The SMILES string of the molecule is COc1cc2c(cc1CO)OC(C)C2. The van der Waals surface area contributed by atoms with E-state index < -0.39 is 0 Å². The Morgan fingerprint density at radius 3 is 3.00 bits per heavy atom. The molecule has 3 nitrogen and oxygen atoms in total. The fraction of sp³-hybridized carbons (Fsp3) is 0.455. The zero-order valence-electron chi connectivity index (χ0n) is 8.41. The Morgan fingerprint density at radius 2 is 2.36 bits per heavy atom. The fourth-order valence-corrected chi connectivity index (χ4v) is 1.80. The van der Waals surface area contributed by atoms with Gasteiger partial charge in [-0.05, 0) is 19.1 Å². The Bertz CT molecular complexity index is 314. The molecule has 14 heavy (non-hydrogen) atoms. The summed E-state index contributed by atoms with van der Waals surface area (Å²) in [7, 11) is 1.61. The average Bonchev–Trinajstić information content (AvgIpc) is 2.54. The highest BCUT2D eigenvalue weighted by atomic mass is 16.5. The van der Waals surface area contributed by atoms with Gasteiger partial charge in [-0.1, -0.05) is 0 Å². The minimum atomic E-state index is -0.0196. The van der Waals surface area contributed by atoms with Gasteiger partial charge in [-0.2, -0.15) is 0 Å². The molecule has 1 aromatic rings.